The van der Waals surface area contributed by atoms with Crippen LogP contribution in [0.3, 0.4) is 0 Å². The Labute approximate surface area is 801 Å². The summed E-state index contributed by atoms with van der Waals surface area (Å²) in [4.78, 5) is 72.1. The zero-order valence-electron chi connectivity index (χ0n) is 69.6. The van der Waals surface area contributed by atoms with Gasteiger partial charge in [-0.15, -0.1) is 287 Å². The molecule has 0 N–H and O–H groups in total. The quantitative estimate of drug-likeness (QED) is 0.104. The number of nitrogens with zero attached hydrogens (tertiary/aromatic N) is 17. The fraction of sp³-hybridized carbons (Fsp3) is 0.0374. The molecule has 12 heterocycles. The summed E-state index contributed by atoms with van der Waals surface area (Å²) in [7, 11) is 0. The maximum Gasteiger partial charge on any atom is 0.161 e. The van der Waals surface area contributed by atoms with E-state index < -0.39 is 0 Å². The van der Waals surface area contributed by atoms with E-state index in [9.17, 15) is 0 Å². The maximum atomic E-state index is 4.41. The Morgan fingerprint density at radius 1 is 0.180 bits per heavy atom. The SMILES string of the molecule is Cc1cccc(-c2[c-]cccc2)n1.Cc1cccc(-c2[c-]cccc2)n1.Cc1cccc(-c2[c-]cccc2)n1.Cc1cccc(-c2[c-]cccc2)n1.[Ir].[Ir].[Ir].[Ir].[c-]1ccccc1-c1cc(-c2ccncn2)ccn1.[c-]1ccccc1-c1cc(-c2cnccn2)ccn1.[c-]1ccccc1-c1cc(-c2ncccn2)ccn1.[c-]1ccccc1-c1cc(-c2ncncn2)ccn1. The molecule has 0 spiro atoms. The molecular weight excluding hydrogens is 2290 g/mol. The maximum absolute atomic E-state index is 4.41. The summed E-state index contributed by atoms with van der Waals surface area (Å²) < 4.78 is 0. The molecule has 0 amide bonds. The van der Waals surface area contributed by atoms with Gasteiger partial charge in [0.05, 0.1) is 17.6 Å². The van der Waals surface area contributed by atoms with E-state index in [4.69, 9.17) is 0 Å². The van der Waals surface area contributed by atoms with Gasteiger partial charge in [0.15, 0.2) is 11.6 Å². The molecule has 20 rings (SSSR count). The van der Waals surface area contributed by atoms with Crippen LogP contribution in [0.25, 0.3) is 135 Å². The molecule has 21 heteroatoms. The van der Waals surface area contributed by atoms with Crippen molar-refractivity contribution in [2.45, 2.75) is 27.7 Å². The molecule has 0 fully saturated rings. The number of aryl methyl sites for hydroxylation is 4. The molecule has 0 bridgehead atoms. The van der Waals surface area contributed by atoms with Crippen LogP contribution in [-0.4, -0.2) is 84.7 Å². The second-order valence-corrected chi connectivity index (χ2v) is 26.8. The van der Waals surface area contributed by atoms with Crippen molar-refractivity contribution in [2.24, 2.45) is 0 Å². The van der Waals surface area contributed by atoms with Crippen LogP contribution in [0.2, 0.25) is 0 Å². The van der Waals surface area contributed by atoms with Crippen LogP contribution in [-0.2, 0) is 80.4 Å². The van der Waals surface area contributed by atoms with Gasteiger partial charge < -0.3 is 39.9 Å². The van der Waals surface area contributed by atoms with Crippen LogP contribution < -0.4 is 0 Å². The van der Waals surface area contributed by atoms with Crippen molar-refractivity contribution in [3.63, 3.8) is 0 Å². The minimum Gasteiger partial charge on any atom is -0.305 e. The van der Waals surface area contributed by atoms with Crippen molar-refractivity contribution in [3.05, 3.63) is 480 Å². The molecule has 0 saturated carbocycles. The van der Waals surface area contributed by atoms with E-state index in [-0.39, 0.29) is 80.4 Å². The van der Waals surface area contributed by atoms with Crippen molar-refractivity contribution in [1.29, 1.82) is 0 Å². The predicted molar refractivity (Wildman–Crippen MR) is 489 cm³/mol. The number of aromatic nitrogens is 17. The van der Waals surface area contributed by atoms with Gasteiger partial charge in [-0.05, 0) is 145 Å². The van der Waals surface area contributed by atoms with Gasteiger partial charge >= 0.3 is 0 Å². The second-order valence-electron chi connectivity index (χ2n) is 26.8. The third kappa shape index (κ3) is 31.2. The van der Waals surface area contributed by atoms with Crippen LogP contribution >= 0.6 is 0 Å². The molecule has 636 valence electrons. The Morgan fingerprint density at radius 3 is 0.742 bits per heavy atom. The minimum absolute atomic E-state index is 0. The van der Waals surface area contributed by atoms with Gasteiger partial charge in [-0.2, -0.15) is 0 Å². The van der Waals surface area contributed by atoms with Crippen LogP contribution in [0.1, 0.15) is 22.8 Å². The summed E-state index contributed by atoms with van der Waals surface area (Å²) in [6.07, 6.45) is 21.9. The van der Waals surface area contributed by atoms with Crippen molar-refractivity contribution in [3.8, 4) is 135 Å². The number of pyridine rings is 8. The zero-order chi connectivity index (χ0) is 85.2. The van der Waals surface area contributed by atoms with Crippen molar-refractivity contribution in [1.82, 2.24) is 84.7 Å². The first-order valence-electron chi connectivity index (χ1n) is 39.5. The molecule has 0 saturated heterocycles. The molecule has 0 atom stereocenters. The first kappa shape index (κ1) is 97.6. The third-order valence-corrected chi connectivity index (χ3v) is 17.8. The van der Waals surface area contributed by atoms with Gasteiger partial charge in [0.25, 0.3) is 0 Å². The Balaban J connectivity index is 0.000000165. The second kappa shape index (κ2) is 53.9. The van der Waals surface area contributed by atoms with E-state index in [2.05, 4.69) is 133 Å². The summed E-state index contributed by atoms with van der Waals surface area (Å²) >= 11 is 0. The van der Waals surface area contributed by atoms with E-state index in [1.54, 1.807) is 74.4 Å². The van der Waals surface area contributed by atoms with E-state index >= 15 is 0 Å². The molecule has 17 nitrogen and oxygen atoms in total. The van der Waals surface area contributed by atoms with Crippen molar-refractivity contribution >= 4 is 0 Å². The third-order valence-electron chi connectivity index (χ3n) is 17.8. The Kier molecular flexibility index (Phi) is 41.1. The Bertz CT molecular complexity index is 5500. The Hall–Kier alpha value is -14.2. The molecule has 8 aromatic carbocycles. The van der Waals surface area contributed by atoms with Gasteiger partial charge in [0.2, 0.25) is 0 Å². The van der Waals surface area contributed by atoms with E-state index in [1.807, 2.05) is 349 Å². The van der Waals surface area contributed by atoms with E-state index in [1.165, 1.54) is 12.7 Å². The summed E-state index contributed by atoms with van der Waals surface area (Å²) in [5, 5.41) is 0. The standard InChI is InChI=1S/3C15H10N3.C14H9N4.4C12H10N.4Ir/c1-2-5-12(6-3-1)14-11-13(7-10-16-14)15-17-8-4-9-18-15;1-2-4-12(5-3-1)15-10-13(6-9-17-15)14-7-8-16-11-18-14;1-2-4-12(5-3-1)14-10-13(6-7-17-14)15-11-16-8-9-18-15;1-2-4-11(5-3-1)13-8-12(6-7-16-13)14-17-9-15-10-18-14;4*1-10-6-5-9-12(13-10)11-7-3-2-4-8-11;;;;/h1-5,7-11H;2*1-4,6-11H;1-4,6-10H;4*2-7,9H,1H3;;;;/q8*-1;;;;. The minimum atomic E-state index is 0. The molecule has 0 aliphatic rings. The molecule has 128 heavy (non-hydrogen) atoms. The summed E-state index contributed by atoms with van der Waals surface area (Å²) in [6, 6.07) is 131. The molecule has 4 radical (unpaired) electrons. The molecule has 12 aromatic heterocycles. The number of hydrogen-bond acceptors (Lipinski definition) is 17. The van der Waals surface area contributed by atoms with Gasteiger partial charge in [-0.3, -0.25) is 9.97 Å². The van der Waals surface area contributed by atoms with E-state index in [0.717, 1.165) is 146 Å². The van der Waals surface area contributed by atoms with Gasteiger partial charge in [0, 0.05) is 170 Å². The van der Waals surface area contributed by atoms with Crippen molar-refractivity contribution in [2.75, 3.05) is 0 Å². The van der Waals surface area contributed by atoms with Crippen LogP contribution in [0.5, 0.6) is 0 Å². The van der Waals surface area contributed by atoms with Crippen molar-refractivity contribution < 1.29 is 80.4 Å². The monoisotopic (exact) mass is 2370 g/mol. The van der Waals surface area contributed by atoms with Crippen LogP contribution in [0, 0.1) is 76.2 Å². The van der Waals surface area contributed by atoms with Gasteiger partial charge in [-0.25, -0.2) is 34.9 Å². The average molecular weight is 2370 g/mol. The van der Waals surface area contributed by atoms with Crippen LogP contribution in [0.4, 0.5) is 0 Å². The molecule has 0 aliphatic heterocycles. The molecule has 20 aromatic rings. The number of benzene rings is 8. The largest absolute Gasteiger partial charge is 0.305 e. The fourth-order valence-electron chi connectivity index (χ4n) is 11.8. The molecule has 0 aliphatic carbocycles. The Morgan fingerprint density at radius 2 is 0.461 bits per heavy atom. The number of rotatable bonds is 12. The zero-order valence-corrected chi connectivity index (χ0v) is 79.2. The topological polar surface area (TPSA) is 219 Å². The summed E-state index contributed by atoms with van der Waals surface area (Å²) in [6.45, 7) is 7.97. The predicted octanol–water partition coefficient (Wildman–Crippen LogP) is 22.8. The number of hydrogen-bond donors (Lipinski definition) is 0. The normalized spacial score (nSPS) is 9.78. The molecular formula is C107H79Ir4N17-8. The summed E-state index contributed by atoms with van der Waals surface area (Å²) in [5.41, 5.74) is 25.3. The van der Waals surface area contributed by atoms with Gasteiger partial charge in [0.1, 0.15) is 19.0 Å². The summed E-state index contributed by atoms with van der Waals surface area (Å²) in [5.74, 6) is 1.35. The average Bonchev–Trinajstić information content (AvgIpc) is 0.851. The van der Waals surface area contributed by atoms with E-state index in [0.29, 0.717) is 11.6 Å². The first-order valence-corrected chi connectivity index (χ1v) is 39.5. The van der Waals surface area contributed by atoms with Crippen LogP contribution in [0.15, 0.2) is 409 Å². The molecule has 0 unspecified atom stereocenters. The fourth-order valence-corrected chi connectivity index (χ4v) is 11.8. The van der Waals surface area contributed by atoms with Gasteiger partial charge in [-0.1, -0.05) is 72.8 Å². The smallest absolute Gasteiger partial charge is 0.161 e. The first-order chi connectivity index (χ1) is 61.2.